The molecule has 2 aliphatic rings. The molecule has 19 heavy (non-hydrogen) atoms. The van der Waals surface area contributed by atoms with E-state index in [-0.39, 0.29) is 0 Å². The van der Waals surface area contributed by atoms with Crippen LogP contribution in [-0.2, 0) is 4.74 Å². The molecule has 4 nitrogen and oxygen atoms in total. The van der Waals surface area contributed by atoms with Crippen molar-refractivity contribution in [3.05, 3.63) is 0 Å². The first-order valence-electron chi connectivity index (χ1n) is 7.94. The summed E-state index contributed by atoms with van der Waals surface area (Å²) in [5, 5.41) is 3.73. The van der Waals surface area contributed by atoms with E-state index < -0.39 is 0 Å². The standard InChI is InChI=1S/C15H31N3O/c1-4-8-16-14-7-10-19-12-15(14)18-9-5-6-13(11-18)17(2)3/h13-16H,4-12H2,1-3H3. The molecule has 0 aromatic heterocycles. The first kappa shape index (κ1) is 15.2. The molecule has 2 rings (SSSR count). The Kier molecular flexibility index (Phi) is 6.07. The van der Waals surface area contributed by atoms with Gasteiger partial charge in [0.2, 0.25) is 0 Å². The molecule has 0 aromatic rings. The van der Waals surface area contributed by atoms with Crippen LogP contribution in [-0.4, -0.2) is 74.9 Å². The van der Waals surface area contributed by atoms with Gasteiger partial charge in [0, 0.05) is 31.3 Å². The summed E-state index contributed by atoms with van der Waals surface area (Å²) in [4.78, 5) is 5.05. The second-order valence-electron chi connectivity index (χ2n) is 6.25. The zero-order valence-corrected chi connectivity index (χ0v) is 12.9. The molecule has 0 radical (unpaired) electrons. The van der Waals surface area contributed by atoms with Crippen LogP contribution in [0, 0.1) is 0 Å². The van der Waals surface area contributed by atoms with Crippen LogP contribution in [0.4, 0.5) is 0 Å². The van der Waals surface area contributed by atoms with Crippen LogP contribution in [0.3, 0.4) is 0 Å². The lowest BCUT2D eigenvalue weighted by Gasteiger charge is -2.45. The molecule has 0 aliphatic carbocycles. The maximum absolute atomic E-state index is 5.75. The minimum atomic E-state index is 0.572. The Bertz CT molecular complexity index is 260. The minimum Gasteiger partial charge on any atom is -0.380 e. The molecule has 4 heteroatoms. The van der Waals surface area contributed by atoms with Crippen LogP contribution in [0.5, 0.6) is 0 Å². The molecule has 3 atom stereocenters. The van der Waals surface area contributed by atoms with Crippen molar-refractivity contribution in [2.75, 3.05) is 46.9 Å². The highest BCUT2D eigenvalue weighted by molar-refractivity contribution is 4.91. The number of likely N-dealkylation sites (N-methyl/N-ethyl adjacent to an activating group) is 1. The van der Waals surface area contributed by atoms with Crippen LogP contribution in [0.2, 0.25) is 0 Å². The predicted octanol–water partition coefficient (Wildman–Crippen LogP) is 1.17. The number of rotatable bonds is 5. The molecule has 0 spiro atoms. The summed E-state index contributed by atoms with van der Waals surface area (Å²) in [6.07, 6.45) is 5.03. The summed E-state index contributed by atoms with van der Waals surface area (Å²) in [7, 11) is 4.41. The lowest BCUT2D eigenvalue weighted by atomic mass is 9.96. The van der Waals surface area contributed by atoms with Crippen molar-refractivity contribution in [1.82, 2.24) is 15.1 Å². The minimum absolute atomic E-state index is 0.572. The van der Waals surface area contributed by atoms with Crippen molar-refractivity contribution < 1.29 is 4.74 Å². The second-order valence-corrected chi connectivity index (χ2v) is 6.25. The Balaban J connectivity index is 1.92. The molecular formula is C15H31N3O. The average Bonchev–Trinajstić information content (AvgIpc) is 2.45. The van der Waals surface area contributed by atoms with Gasteiger partial charge < -0.3 is 15.0 Å². The van der Waals surface area contributed by atoms with Gasteiger partial charge in [-0.3, -0.25) is 4.90 Å². The summed E-state index contributed by atoms with van der Waals surface area (Å²) < 4.78 is 5.75. The molecule has 2 heterocycles. The molecule has 0 amide bonds. The first-order valence-corrected chi connectivity index (χ1v) is 7.94. The summed E-state index contributed by atoms with van der Waals surface area (Å²) >= 11 is 0. The van der Waals surface area contributed by atoms with Gasteiger partial charge in [-0.25, -0.2) is 0 Å². The summed E-state index contributed by atoms with van der Waals surface area (Å²) in [5.74, 6) is 0. The Morgan fingerprint density at radius 1 is 1.32 bits per heavy atom. The molecule has 2 aliphatic heterocycles. The quantitative estimate of drug-likeness (QED) is 0.811. The Morgan fingerprint density at radius 3 is 2.89 bits per heavy atom. The molecular weight excluding hydrogens is 238 g/mol. The lowest BCUT2D eigenvalue weighted by Crippen LogP contribution is -2.59. The monoisotopic (exact) mass is 269 g/mol. The SMILES string of the molecule is CCCNC1CCOCC1N1CCCC(N(C)C)C1. The summed E-state index contributed by atoms with van der Waals surface area (Å²) in [6.45, 7) is 7.63. The van der Waals surface area contributed by atoms with E-state index in [0.29, 0.717) is 18.1 Å². The highest BCUT2D eigenvalue weighted by Gasteiger charge is 2.33. The molecule has 3 unspecified atom stereocenters. The van der Waals surface area contributed by atoms with Crippen molar-refractivity contribution >= 4 is 0 Å². The third-order valence-electron chi connectivity index (χ3n) is 4.61. The number of hydrogen-bond donors (Lipinski definition) is 1. The van der Waals surface area contributed by atoms with Crippen molar-refractivity contribution in [2.24, 2.45) is 0 Å². The number of nitrogens with one attached hydrogen (secondary N) is 1. The van der Waals surface area contributed by atoms with E-state index in [1.165, 1.54) is 32.4 Å². The molecule has 112 valence electrons. The third kappa shape index (κ3) is 4.15. The Labute approximate surface area is 118 Å². The maximum atomic E-state index is 5.75. The van der Waals surface area contributed by atoms with Crippen LogP contribution >= 0.6 is 0 Å². The molecule has 1 N–H and O–H groups in total. The van der Waals surface area contributed by atoms with E-state index in [9.17, 15) is 0 Å². The molecule has 0 saturated carbocycles. The van der Waals surface area contributed by atoms with Crippen molar-refractivity contribution in [1.29, 1.82) is 0 Å². The van der Waals surface area contributed by atoms with Gasteiger partial charge in [-0.2, -0.15) is 0 Å². The smallest absolute Gasteiger partial charge is 0.0637 e. The maximum Gasteiger partial charge on any atom is 0.0637 e. The van der Waals surface area contributed by atoms with Crippen molar-refractivity contribution in [2.45, 2.75) is 50.7 Å². The molecule has 0 aromatic carbocycles. The third-order valence-corrected chi connectivity index (χ3v) is 4.61. The number of piperidine rings is 1. The van der Waals surface area contributed by atoms with Gasteiger partial charge in [0.05, 0.1) is 6.61 Å². The van der Waals surface area contributed by atoms with Crippen molar-refractivity contribution in [3.8, 4) is 0 Å². The molecule has 2 saturated heterocycles. The van der Waals surface area contributed by atoms with E-state index in [0.717, 1.165) is 26.2 Å². The Hall–Kier alpha value is -0.160. The van der Waals surface area contributed by atoms with Gasteiger partial charge in [0.1, 0.15) is 0 Å². The van der Waals surface area contributed by atoms with Gasteiger partial charge in [0.25, 0.3) is 0 Å². The van der Waals surface area contributed by atoms with E-state index >= 15 is 0 Å². The highest BCUT2D eigenvalue weighted by Crippen LogP contribution is 2.21. The number of hydrogen-bond acceptors (Lipinski definition) is 4. The van der Waals surface area contributed by atoms with Gasteiger partial charge in [-0.1, -0.05) is 6.92 Å². The summed E-state index contributed by atoms with van der Waals surface area (Å²) in [6, 6.07) is 1.90. The number of nitrogens with zero attached hydrogens (tertiary/aromatic N) is 2. The van der Waals surface area contributed by atoms with Gasteiger partial charge in [-0.05, 0) is 52.9 Å². The van der Waals surface area contributed by atoms with Gasteiger partial charge in [0.15, 0.2) is 0 Å². The van der Waals surface area contributed by atoms with Crippen LogP contribution < -0.4 is 5.32 Å². The first-order chi connectivity index (χ1) is 9.22. The fourth-order valence-electron chi connectivity index (χ4n) is 3.36. The number of likely N-dealkylation sites (tertiary alicyclic amines) is 1. The fraction of sp³-hybridized carbons (Fsp3) is 1.00. The molecule has 2 fully saturated rings. The zero-order chi connectivity index (χ0) is 13.7. The second kappa shape index (κ2) is 7.58. The lowest BCUT2D eigenvalue weighted by molar-refractivity contribution is -0.0208. The largest absolute Gasteiger partial charge is 0.380 e. The molecule has 0 bridgehead atoms. The predicted molar refractivity (Wildman–Crippen MR) is 79.6 cm³/mol. The van der Waals surface area contributed by atoms with Gasteiger partial charge in [-0.15, -0.1) is 0 Å². The normalized spacial score (nSPS) is 33.8. The van der Waals surface area contributed by atoms with E-state index in [1.54, 1.807) is 0 Å². The van der Waals surface area contributed by atoms with E-state index in [2.05, 4.69) is 36.1 Å². The van der Waals surface area contributed by atoms with E-state index in [1.807, 2.05) is 0 Å². The van der Waals surface area contributed by atoms with E-state index in [4.69, 9.17) is 4.74 Å². The average molecular weight is 269 g/mol. The van der Waals surface area contributed by atoms with Crippen LogP contribution in [0.25, 0.3) is 0 Å². The highest BCUT2D eigenvalue weighted by atomic mass is 16.5. The van der Waals surface area contributed by atoms with Crippen LogP contribution in [0.1, 0.15) is 32.6 Å². The Morgan fingerprint density at radius 2 is 2.16 bits per heavy atom. The zero-order valence-electron chi connectivity index (χ0n) is 12.9. The van der Waals surface area contributed by atoms with Gasteiger partial charge >= 0.3 is 0 Å². The van der Waals surface area contributed by atoms with Crippen molar-refractivity contribution in [3.63, 3.8) is 0 Å². The fourth-order valence-corrected chi connectivity index (χ4v) is 3.36. The number of ether oxygens (including phenoxy) is 1. The summed E-state index contributed by atoms with van der Waals surface area (Å²) in [5.41, 5.74) is 0. The van der Waals surface area contributed by atoms with Crippen LogP contribution in [0.15, 0.2) is 0 Å². The topological polar surface area (TPSA) is 27.7 Å².